The summed E-state index contributed by atoms with van der Waals surface area (Å²) < 4.78 is 6.17. The van der Waals surface area contributed by atoms with Gasteiger partial charge in [-0.3, -0.25) is 10.1 Å². The van der Waals surface area contributed by atoms with Crippen LogP contribution in [0.25, 0.3) is 0 Å². The van der Waals surface area contributed by atoms with Gasteiger partial charge in [-0.25, -0.2) is 4.79 Å². The Hall–Kier alpha value is -2.41. The maximum absolute atomic E-state index is 10.9. The molecule has 0 bridgehead atoms. The Balaban J connectivity index is 2.34. The first-order valence-electron chi connectivity index (χ1n) is 5.84. The van der Waals surface area contributed by atoms with Crippen LogP contribution in [-0.4, -0.2) is 16.0 Å². The lowest BCUT2D eigenvalue weighted by Gasteiger charge is -2.09. The lowest BCUT2D eigenvalue weighted by molar-refractivity contribution is -0.385. The zero-order valence-electron chi connectivity index (χ0n) is 10.9. The largest absolute Gasteiger partial charge is 0.478 e. The van der Waals surface area contributed by atoms with Crippen molar-refractivity contribution in [2.75, 3.05) is 0 Å². The van der Waals surface area contributed by atoms with Crippen molar-refractivity contribution in [1.82, 2.24) is 0 Å². The fraction of sp³-hybridized carbons (Fsp3) is 0.0714. The minimum absolute atomic E-state index is 0.000650. The Kier molecular flexibility index (Phi) is 4.23. The van der Waals surface area contributed by atoms with Crippen molar-refractivity contribution in [3.8, 4) is 11.5 Å². The van der Waals surface area contributed by atoms with Gasteiger partial charge < -0.3 is 9.84 Å². The number of carbonyl (C=O) groups is 1. The van der Waals surface area contributed by atoms with Gasteiger partial charge in [-0.15, -0.1) is 0 Å². The molecule has 0 aliphatic carbocycles. The van der Waals surface area contributed by atoms with Crippen molar-refractivity contribution < 1.29 is 19.6 Å². The van der Waals surface area contributed by atoms with Gasteiger partial charge in [-0.05, 0) is 53.2 Å². The quantitative estimate of drug-likeness (QED) is 0.659. The minimum atomic E-state index is -1.06. The van der Waals surface area contributed by atoms with Gasteiger partial charge in [0.15, 0.2) is 0 Å². The number of aromatic carboxylic acids is 1. The van der Waals surface area contributed by atoms with Crippen LogP contribution in [-0.2, 0) is 0 Å². The van der Waals surface area contributed by atoms with Crippen molar-refractivity contribution >= 4 is 27.6 Å². The molecule has 2 aromatic carbocycles. The monoisotopic (exact) mass is 351 g/mol. The molecule has 0 heterocycles. The predicted octanol–water partition coefficient (Wildman–Crippen LogP) is 4.16. The van der Waals surface area contributed by atoms with Gasteiger partial charge in [0.25, 0.3) is 5.69 Å². The Labute approximate surface area is 128 Å². The molecule has 0 saturated heterocycles. The number of rotatable bonds is 4. The van der Waals surface area contributed by atoms with E-state index in [0.29, 0.717) is 21.5 Å². The summed E-state index contributed by atoms with van der Waals surface area (Å²) in [5, 5.41) is 19.7. The molecule has 7 heteroatoms. The van der Waals surface area contributed by atoms with Gasteiger partial charge in [0, 0.05) is 11.6 Å². The van der Waals surface area contributed by atoms with Crippen LogP contribution in [0.3, 0.4) is 0 Å². The minimum Gasteiger partial charge on any atom is -0.478 e. The summed E-state index contributed by atoms with van der Waals surface area (Å²) in [5.41, 5.74) is 0.551. The highest BCUT2D eigenvalue weighted by Crippen LogP contribution is 2.32. The van der Waals surface area contributed by atoms with Crippen LogP contribution >= 0.6 is 15.9 Å². The standard InChI is InChI=1S/C14H10BrNO5/c1-8-6-10(3-5-12(8)16(19)20)21-13-7-9(14(17)18)2-4-11(13)15/h2-7H,1H3,(H,17,18). The molecule has 0 saturated carbocycles. The summed E-state index contributed by atoms with van der Waals surface area (Å²) in [6.45, 7) is 1.60. The molecule has 6 nitrogen and oxygen atoms in total. The fourth-order valence-electron chi connectivity index (χ4n) is 1.74. The third kappa shape index (κ3) is 3.38. The smallest absolute Gasteiger partial charge is 0.335 e. The van der Waals surface area contributed by atoms with Crippen molar-refractivity contribution in [2.45, 2.75) is 6.92 Å². The molecule has 0 aliphatic heterocycles. The molecule has 2 rings (SSSR count). The summed E-state index contributed by atoms with van der Waals surface area (Å²) >= 11 is 3.27. The molecule has 0 fully saturated rings. The number of benzene rings is 2. The molecule has 2 aromatic rings. The lowest BCUT2D eigenvalue weighted by Crippen LogP contribution is -1.97. The van der Waals surface area contributed by atoms with Gasteiger partial charge in [0.05, 0.1) is 15.0 Å². The van der Waals surface area contributed by atoms with E-state index in [2.05, 4.69) is 15.9 Å². The molecule has 108 valence electrons. The van der Waals surface area contributed by atoms with Crippen LogP contribution in [0.4, 0.5) is 5.69 Å². The van der Waals surface area contributed by atoms with Crippen molar-refractivity contribution in [3.05, 3.63) is 62.1 Å². The molecular formula is C14H10BrNO5. The molecular weight excluding hydrogens is 342 g/mol. The molecule has 21 heavy (non-hydrogen) atoms. The van der Waals surface area contributed by atoms with E-state index >= 15 is 0 Å². The van der Waals surface area contributed by atoms with E-state index in [0.717, 1.165) is 0 Å². The van der Waals surface area contributed by atoms with Gasteiger partial charge >= 0.3 is 5.97 Å². The molecule has 0 spiro atoms. The maximum atomic E-state index is 10.9. The second kappa shape index (κ2) is 5.92. The number of carboxylic acids is 1. The number of carboxylic acid groups (broad SMARTS) is 1. The topological polar surface area (TPSA) is 89.7 Å². The SMILES string of the molecule is Cc1cc(Oc2cc(C(=O)O)ccc2Br)ccc1[N+](=O)[O-]. The highest BCUT2D eigenvalue weighted by atomic mass is 79.9. The highest BCUT2D eigenvalue weighted by Gasteiger charge is 2.13. The number of hydrogen-bond acceptors (Lipinski definition) is 4. The van der Waals surface area contributed by atoms with Crippen LogP contribution < -0.4 is 4.74 Å². The summed E-state index contributed by atoms with van der Waals surface area (Å²) in [4.78, 5) is 21.2. The first-order valence-corrected chi connectivity index (χ1v) is 6.63. The Morgan fingerprint density at radius 2 is 2.00 bits per heavy atom. The number of halogens is 1. The Morgan fingerprint density at radius 1 is 1.29 bits per heavy atom. The fourth-order valence-corrected chi connectivity index (χ4v) is 2.07. The maximum Gasteiger partial charge on any atom is 0.335 e. The summed E-state index contributed by atoms with van der Waals surface area (Å²) in [6.07, 6.45) is 0. The van der Waals surface area contributed by atoms with Gasteiger partial charge in [-0.1, -0.05) is 0 Å². The third-order valence-electron chi connectivity index (χ3n) is 2.77. The number of nitrogens with zero attached hydrogens (tertiary/aromatic N) is 1. The Morgan fingerprint density at radius 3 is 2.57 bits per heavy atom. The number of nitro groups is 1. The average Bonchev–Trinajstić information content (AvgIpc) is 2.40. The molecule has 0 radical (unpaired) electrons. The average molecular weight is 352 g/mol. The van der Waals surface area contributed by atoms with Gasteiger partial charge in [0.2, 0.25) is 0 Å². The summed E-state index contributed by atoms with van der Waals surface area (Å²) in [6, 6.07) is 8.73. The van der Waals surface area contributed by atoms with E-state index in [9.17, 15) is 14.9 Å². The zero-order chi connectivity index (χ0) is 15.6. The number of nitro benzene ring substituents is 1. The molecule has 0 atom stereocenters. The normalized spacial score (nSPS) is 10.2. The second-order valence-corrected chi connectivity index (χ2v) is 5.11. The van der Waals surface area contributed by atoms with Gasteiger partial charge in [-0.2, -0.15) is 0 Å². The van der Waals surface area contributed by atoms with E-state index in [1.165, 1.54) is 30.3 Å². The lowest BCUT2D eigenvalue weighted by atomic mass is 10.2. The first kappa shape index (κ1) is 15.0. The van der Waals surface area contributed by atoms with Crippen LogP contribution in [0.1, 0.15) is 15.9 Å². The van der Waals surface area contributed by atoms with E-state index in [1.54, 1.807) is 13.0 Å². The molecule has 0 aliphatic rings. The van der Waals surface area contributed by atoms with E-state index in [1.807, 2.05) is 0 Å². The number of aryl methyl sites for hydroxylation is 1. The highest BCUT2D eigenvalue weighted by molar-refractivity contribution is 9.10. The van der Waals surface area contributed by atoms with Crippen LogP contribution in [0, 0.1) is 17.0 Å². The van der Waals surface area contributed by atoms with E-state index in [-0.39, 0.29) is 11.3 Å². The van der Waals surface area contributed by atoms with Crippen LogP contribution in [0.15, 0.2) is 40.9 Å². The second-order valence-electron chi connectivity index (χ2n) is 4.26. The summed E-state index contributed by atoms with van der Waals surface area (Å²) in [5.74, 6) is -0.350. The molecule has 0 aromatic heterocycles. The van der Waals surface area contributed by atoms with Crippen LogP contribution in [0.2, 0.25) is 0 Å². The summed E-state index contributed by atoms with van der Waals surface area (Å²) in [7, 11) is 0. The zero-order valence-corrected chi connectivity index (χ0v) is 12.5. The van der Waals surface area contributed by atoms with E-state index in [4.69, 9.17) is 9.84 Å². The Bertz CT molecular complexity index is 729. The van der Waals surface area contributed by atoms with E-state index < -0.39 is 10.9 Å². The molecule has 0 unspecified atom stereocenters. The van der Waals surface area contributed by atoms with Crippen LogP contribution in [0.5, 0.6) is 11.5 Å². The first-order chi connectivity index (χ1) is 9.88. The van der Waals surface area contributed by atoms with Gasteiger partial charge in [0.1, 0.15) is 11.5 Å². The third-order valence-corrected chi connectivity index (χ3v) is 3.43. The molecule has 0 amide bonds. The number of ether oxygens (including phenoxy) is 1. The molecule has 1 N–H and O–H groups in total. The van der Waals surface area contributed by atoms with Crippen molar-refractivity contribution in [2.24, 2.45) is 0 Å². The van der Waals surface area contributed by atoms with Crippen molar-refractivity contribution in [3.63, 3.8) is 0 Å². The predicted molar refractivity (Wildman–Crippen MR) is 79.0 cm³/mol. The number of hydrogen-bond donors (Lipinski definition) is 1. The van der Waals surface area contributed by atoms with Crippen molar-refractivity contribution in [1.29, 1.82) is 0 Å².